The third-order valence-electron chi connectivity index (χ3n) is 10.1. The molecule has 4 saturated carbocycles. The Hall–Kier alpha value is -0.990. The van der Waals surface area contributed by atoms with Gasteiger partial charge in [-0.2, -0.15) is 0 Å². The van der Waals surface area contributed by atoms with Crippen molar-refractivity contribution >= 4 is 17.3 Å². The molecule has 0 bridgehead atoms. The third-order valence-corrected chi connectivity index (χ3v) is 10.1. The second kappa shape index (κ2) is 7.61. The fourth-order valence-electron chi connectivity index (χ4n) is 8.37. The molecule has 0 aromatic rings. The number of carbonyl (C=O) groups is 3. The van der Waals surface area contributed by atoms with Crippen LogP contribution >= 0.6 is 0 Å². The SMILES string of the molecule is CCCCCC(C)C1CC(=O)[C@@]2(C)CC[C@@H]3[C@@H](CCC4C(=O)C(=O)CC[C@@]43C)[C@H]12. The molecule has 8 atom stereocenters. The van der Waals surface area contributed by atoms with Crippen molar-refractivity contribution in [1.29, 1.82) is 0 Å². The highest BCUT2D eigenvalue weighted by Crippen LogP contribution is 2.66. The van der Waals surface area contributed by atoms with Gasteiger partial charge in [0.1, 0.15) is 5.78 Å². The van der Waals surface area contributed by atoms with Gasteiger partial charge >= 0.3 is 0 Å². The molecule has 4 fully saturated rings. The first-order valence-electron chi connectivity index (χ1n) is 12.3. The van der Waals surface area contributed by atoms with Crippen LogP contribution in [0.5, 0.6) is 0 Å². The van der Waals surface area contributed by atoms with E-state index in [0.29, 0.717) is 41.8 Å². The number of carbonyl (C=O) groups excluding carboxylic acids is 3. The largest absolute Gasteiger partial charge is 0.299 e. The summed E-state index contributed by atoms with van der Waals surface area (Å²) in [6, 6.07) is 0. The van der Waals surface area contributed by atoms with E-state index in [2.05, 4.69) is 27.7 Å². The van der Waals surface area contributed by atoms with Crippen molar-refractivity contribution in [3.8, 4) is 0 Å². The van der Waals surface area contributed by atoms with Gasteiger partial charge in [-0.25, -0.2) is 0 Å². The van der Waals surface area contributed by atoms with E-state index in [1.807, 2.05) is 0 Å². The average molecular weight is 401 g/mol. The van der Waals surface area contributed by atoms with Crippen molar-refractivity contribution in [3.63, 3.8) is 0 Å². The average Bonchev–Trinajstić information content (AvgIpc) is 2.96. The summed E-state index contributed by atoms with van der Waals surface area (Å²) in [4.78, 5) is 38.0. The van der Waals surface area contributed by atoms with E-state index >= 15 is 0 Å². The summed E-state index contributed by atoms with van der Waals surface area (Å²) in [5.41, 5.74) is -0.181. The second-order valence-corrected chi connectivity index (χ2v) is 11.4. The first kappa shape index (κ1) is 21.2. The molecular weight excluding hydrogens is 360 g/mol. The van der Waals surface area contributed by atoms with Crippen molar-refractivity contribution in [2.24, 2.45) is 46.3 Å². The van der Waals surface area contributed by atoms with E-state index in [9.17, 15) is 14.4 Å². The Kier molecular flexibility index (Phi) is 5.57. The predicted octanol–water partition coefficient (Wildman–Crippen LogP) is 5.79. The van der Waals surface area contributed by atoms with E-state index in [0.717, 1.165) is 38.5 Å². The van der Waals surface area contributed by atoms with Gasteiger partial charge in [0, 0.05) is 24.2 Å². The molecule has 162 valence electrons. The highest BCUT2D eigenvalue weighted by molar-refractivity contribution is 6.38. The van der Waals surface area contributed by atoms with Gasteiger partial charge in [0.15, 0.2) is 5.78 Å². The van der Waals surface area contributed by atoms with Gasteiger partial charge in [0.05, 0.1) is 0 Å². The van der Waals surface area contributed by atoms with Gasteiger partial charge in [-0.15, -0.1) is 0 Å². The Morgan fingerprint density at radius 2 is 1.79 bits per heavy atom. The van der Waals surface area contributed by atoms with Crippen LogP contribution in [0.4, 0.5) is 0 Å². The zero-order valence-corrected chi connectivity index (χ0v) is 19.0. The van der Waals surface area contributed by atoms with Crippen molar-refractivity contribution in [2.45, 2.75) is 98.3 Å². The van der Waals surface area contributed by atoms with Crippen LogP contribution in [0, 0.1) is 46.3 Å². The minimum Gasteiger partial charge on any atom is -0.299 e. The number of rotatable bonds is 5. The lowest BCUT2D eigenvalue weighted by Crippen LogP contribution is -2.57. The van der Waals surface area contributed by atoms with Crippen LogP contribution < -0.4 is 0 Å². The van der Waals surface area contributed by atoms with Crippen molar-refractivity contribution in [3.05, 3.63) is 0 Å². The number of unbranched alkanes of at least 4 members (excludes halogenated alkanes) is 2. The first-order chi connectivity index (χ1) is 13.7. The number of hydrogen-bond acceptors (Lipinski definition) is 3. The molecule has 3 heteroatoms. The lowest BCUT2D eigenvalue weighted by Gasteiger charge is -2.59. The third kappa shape index (κ3) is 3.17. The molecule has 0 amide bonds. The standard InChI is InChI=1S/C26H40O3/c1-5-6-7-8-16(2)18-15-22(28)26(4)13-11-19-17(23(18)26)9-10-20-24(29)21(27)12-14-25(19,20)3/h16-20,23H,5-15H2,1-4H3/t16?,17-,18?,19-,20?,23-,25-,26-/m1/s1. The highest BCUT2D eigenvalue weighted by Gasteiger charge is 2.64. The maximum Gasteiger partial charge on any atom is 0.201 e. The molecule has 29 heavy (non-hydrogen) atoms. The van der Waals surface area contributed by atoms with E-state index < -0.39 is 0 Å². The molecule has 0 heterocycles. The number of Topliss-reactive ketones (excluding diaryl/α,β-unsaturated/α-hetero) is 3. The lowest BCUT2D eigenvalue weighted by atomic mass is 9.44. The number of hydrogen-bond donors (Lipinski definition) is 0. The molecule has 0 radical (unpaired) electrons. The lowest BCUT2D eigenvalue weighted by molar-refractivity contribution is -0.160. The summed E-state index contributed by atoms with van der Waals surface area (Å²) in [5, 5.41) is 0. The topological polar surface area (TPSA) is 51.2 Å². The van der Waals surface area contributed by atoms with E-state index in [-0.39, 0.29) is 28.3 Å². The zero-order chi connectivity index (χ0) is 21.0. The molecule has 0 saturated heterocycles. The van der Waals surface area contributed by atoms with Crippen LogP contribution in [0.3, 0.4) is 0 Å². The van der Waals surface area contributed by atoms with Crippen LogP contribution in [0.1, 0.15) is 98.3 Å². The number of fused-ring (bicyclic) bond motifs is 5. The predicted molar refractivity (Wildman–Crippen MR) is 114 cm³/mol. The van der Waals surface area contributed by atoms with Crippen LogP contribution in [-0.4, -0.2) is 17.3 Å². The zero-order valence-electron chi connectivity index (χ0n) is 19.0. The monoisotopic (exact) mass is 400 g/mol. The van der Waals surface area contributed by atoms with Crippen LogP contribution in [-0.2, 0) is 14.4 Å². The maximum atomic E-state index is 13.2. The van der Waals surface area contributed by atoms with E-state index in [4.69, 9.17) is 0 Å². The van der Waals surface area contributed by atoms with Gasteiger partial charge in [0.2, 0.25) is 5.78 Å². The van der Waals surface area contributed by atoms with Crippen molar-refractivity contribution in [2.75, 3.05) is 0 Å². The Balaban J connectivity index is 1.62. The van der Waals surface area contributed by atoms with Crippen LogP contribution in [0.2, 0.25) is 0 Å². The molecule has 3 nitrogen and oxygen atoms in total. The molecule has 0 aromatic heterocycles. The molecule has 0 spiro atoms. The van der Waals surface area contributed by atoms with Crippen molar-refractivity contribution in [1.82, 2.24) is 0 Å². The molecule has 4 rings (SSSR count). The minimum atomic E-state index is -0.150. The molecule has 0 N–H and O–H groups in total. The second-order valence-electron chi connectivity index (χ2n) is 11.4. The van der Waals surface area contributed by atoms with E-state index in [1.165, 1.54) is 25.7 Å². The summed E-state index contributed by atoms with van der Waals surface area (Å²) in [6.07, 6.45) is 11.1. The van der Waals surface area contributed by atoms with Gasteiger partial charge in [-0.05, 0) is 67.1 Å². The summed E-state index contributed by atoms with van der Waals surface area (Å²) in [5.74, 6) is 2.89. The fourth-order valence-corrected chi connectivity index (χ4v) is 8.37. The summed E-state index contributed by atoms with van der Waals surface area (Å²) >= 11 is 0. The van der Waals surface area contributed by atoms with Crippen LogP contribution in [0.15, 0.2) is 0 Å². The van der Waals surface area contributed by atoms with Gasteiger partial charge < -0.3 is 0 Å². The Bertz CT molecular complexity index is 696. The van der Waals surface area contributed by atoms with Gasteiger partial charge in [-0.3, -0.25) is 14.4 Å². The molecule has 3 unspecified atom stereocenters. The number of ketones is 3. The maximum absolute atomic E-state index is 13.2. The summed E-state index contributed by atoms with van der Waals surface area (Å²) < 4.78 is 0. The smallest absolute Gasteiger partial charge is 0.201 e. The van der Waals surface area contributed by atoms with E-state index in [1.54, 1.807) is 0 Å². The Morgan fingerprint density at radius 1 is 1.03 bits per heavy atom. The molecule has 0 aromatic carbocycles. The molecule has 0 aliphatic heterocycles. The van der Waals surface area contributed by atoms with Crippen LogP contribution in [0.25, 0.3) is 0 Å². The molecule has 4 aliphatic carbocycles. The summed E-state index contributed by atoms with van der Waals surface area (Å²) in [6.45, 7) is 9.21. The Labute approximate surface area is 176 Å². The molecule has 4 aliphatic rings. The quantitative estimate of drug-likeness (QED) is 0.433. The first-order valence-corrected chi connectivity index (χ1v) is 12.3. The van der Waals surface area contributed by atoms with Crippen molar-refractivity contribution < 1.29 is 14.4 Å². The normalized spacial score (nSPS) is 45.5. The van der Waals surface area contributed by atoms with Gasteiger partial charge in [-0.1, -0.05) is 53.4 Å². The Morgan fingerprint density at radius 3 is 2.52 bits per heavy atom. The molecular formula is C26H40O3. The van der Waals surface area contributed by atoms with Gasteiger partial charge in [0.25, 0.3) is 0 Å². The fraction of sp³-hybridized carbons (Fsp3) is 0.885. The minimum absolute atomic E-state index is 0.0309. The highest BCUT2D eigenvalue weighted by atomic mass is 16.2. The summed E-state index contributed by atoms with van der Waals surface area (Å²) in [7, 11) is 0.